The van der Waals surface area contributed by atoms with Crippen molar-refractivity contribution in [3.8, 4) is 0 Å². The summed E-state index contributed by atoms with van der Waals surface area (Å²) >= 11 is 7.45. The summed E-state index contributed by atoms with van der Waals surface area (Å²) in [5.74, 6) is -0.0124. The second-order valence-corrected chi connectivity index (χ2v) is 8.48. The van der Waals surface area contributed by atoms with Crippen LogP contribution in [0.4, 0.5) is 4.39 Å². The van der Waals surface area contributed by atoms with Gasteiger partial charge in [-0.3, -0.25) is 9.59 Å². The van der Waals surface area contributed by atoms with Crippen LogP contribution in [0.3, 0.4) is 0 Å². The average Bonchev–Trinajstić information content (AvgIpc) is 2.72. The predicted octanol–water partition coefficient (Wildman–Crippen LogP) is 5.05. The van der Waals surface area contributed by atoms with Crippen LogP contribution in [0.2, 0.25) is 5.02 Å². The Morgan fingerprint density at radius 3 is 2.67 bits per heavy atom. The lowest BCUT2D eigenvalue weighted by molar-refractivity contribution is -0.138. The van der Waals surface area contributed by atoms with Crippen LogP contribution in [0.1, 0.15) is 37.8 Å². The topological polar surface area (TPSA) is 49.4 Å². The van der Waals surface area contributed by atoms with Gasteiger partial charge in [-0.25, -0.2) is 4.39 Å². The van der Waals surface area contributed by atoms with Gasteiger partial charge in [-0.15, -0.1) is 11.8 Å². The van der Waals surface area contributed by atoms with Crippen LogP contribution < -0.4 is 5.32 Å². The Hall–Kier alpha value is -2.05. The highest BCUT2D eigenvalue weighted by Crippen LogP contribution is 2.19. The van der Waals surface area contributed by atoms with E-state index >= 15 is 0 Å². The van der Waals surface area contributed by atoms with Crippen LogP contribution in [-0.2, 0) is 21.9 Å². The number of benzene rings is 2. The number of nitrogens with zero attached hydrogens (tertiary/aromatic N) is 1. The van der Waals surface area contributed by atoms with Crippen LogP contribution >= 0.6 is 23.4 Å². The molecule has 2 aromatic carbocycles. The van der Waals surface area contributed by atoms with Crippen molar-refractivity contribution in [1.82, 2.24) is 10.2 Å². The summed E-state index contributed by atoms with van der Waals surface area (Å²) in [6.07, 6.45) is 1.84. The average molecular weight is 451 g/mol. The van der Waals surface area contributed by atoms with Crippen molar-refractivity contribution in [2.45, 2.75) is 45.0 Å². The molecule has 7 heteroatoms. The van der Waals surface area contributed by atoms with Crippen LogP contribution in [-0.4, -0.2) is 35.1 Å². The summed E-state index contributed by atoms with van der Waals surface area (Å²) in [7, 11) is 0. The van der Waals surface area contributed by atoms with Gasteiger partial charge >= 0.3 is 0 Å². The highest BCUT2D eigenvalue weighted by molar-refractivity contribution is 7.99. The van der Waals surface area contributed by atoms with E-state index < -0.39 is 6.04 Å². The summed E-state index contributed by atoms with van der Waals surface area (Å²) in [4.78, 5) is 27.0. The molecular weight excluding hydrogens is 423 g/mol. The zero-order valence-corrected chi connectivity index (χ0v) is 18.9. The Morgan fingerprint density at radius 1 is 1.20 bits per heavy atom. The van der Waals surface area contributed by atoms with Gasteiger partial charge in [0.1, 0.15) is 11.9 Å². The highest BCUT2D eigenvalue weighted by Gasteiger charge is 2.26. The summed E-state index contributed by atoms with van der Waals surface area (Å²) in [6, 6.07) is 13.1. The van der Waals surface area contributed by atoms with Crippen molar-refractivity contribution in [3.63, 3.8) is 0 Å². The van der Waals surface area contributed by atoms with Gasteiger partial charge in [0.25, 0.3) is 0 Å². The van der Waals surface area contributed by atoms with E-state index in [1.54, 1.807) is 31.2 Å². The zero-order chi connectivity index (χ0) is 21.9. The van der Waals surface area contributed by atoms with Gasteiger partial charge in [0.15, 0.2) is 0 Å². The van der Waals surface area contributed by atoms with E-state index in [1.807, 2.05) is 25.1 Å². The smallest absolute Gasteiger partial charge is 0.242 e. The van der Waals surface area contributed by atoms with Crippen molar-refractivity contribution in [2.24, 2.45) is 0 Å². The first-order valence-corrected chi connectivity index (χ1v) is 11.6. The van der Waals surface area contributed by atoms with Crippen LogP contribution in [0, 0.1) is 5.82 Å². The maximum absolute atomic E-state index is 14.2. The molecular formula is C23H28ClFN2O2S. The molecule has 2 rings (SSSR count). The van der Waals surface area contributed by atoms with Crippen molar-refractivity contribution in [2.75, 3.05) is 12.3 Å². The van der Waals surface area contributed by atoms with Gasteiger partial charge in [0.05, 0.1) is 5.75 Å². The van der Waals surface area contributed by atoms with E-state index in [0.717, 1.165) is 18.4 Å². The van der Waals surface area contributed by atoms with Gasteiger partial charge in [-0.1, -0.05) is 55.3 Å². The van der Waals surface area contributed by atoms with E-state index in [2.05, 4.69) is 5.32 Å². The molecule has 0 radical (unpaired) electrons. The summed E-state index contributed by atoms with van der Waals surface area (Å²) in [6.45, 7) is 4.33. The normalized spacial score (nSPS) is 11.7. The molecule has 4 nitrogen and oxygen atoms in total. The van der Waals surface area contributed by atoms with Gasteiger partial charge < -0.3 is 10.2 Å². The fourth-order valence-corrected chi connectivity index (χ4v) is 3.97. The molecule has 0 spiro atoms. The number of hydrogen-bond donors (Lipinski definition) is 1. The third kappa shape index (κ3) is 7.65. The number of thioether (sulfide) groups is 1. The zero-order valence-electron chi connectivity index (χ0n) is 17.4. The Labute approximate surface area is 187 Å². The Morgan fingerprint density at radius 2 is 1.97 bits per heavy atom. The van der Waals surface area contributed by atoms with Crippen LogP contribution in [0.5, 0.6) is 0 Å². The monoisotopic (exact) mass is 450 g/mol. The Bertz CT molecular complexity index is 849. The first-order chi connectivity index (χ1) is 14.4. The number of carbonyl (C=O) groups is 2. The van der Waals surface area contributed by atoms with Crippen LogP contribution in [0.15, 0.2) is 48.5 Å². The molecule has 0 aromatic heterocycles. The standard InChI is InChI=1S/C23H28ClFN2O2S/c1-3-4-12-26-23(29)17(2)27(14-19-9-5-6-11-21(19)25)22(28)16-30-15-18-8-7-10-20(24)13-18/h5-11,13,17H,3-4,12,14-16H2,1-2H3,(H,26,29)/t17-/m1/s1. The van der Waals surface area contributed by atoms with Crippen molar-refractivity contribution >= 4 is 35.2 Å². The van der Waals surface area contributed by atoms with E-state index in [4.69, 9.17) is 11.6 Å². The van der Waals surface area contributed by atoms with Crippen LogP contribution in [0.25, 0.3) is 0 Å². The highest BCUT2D eigenvalue weighted by atomic mass is 35.5. The van der Waals surface area contributed by atoms with E-state index in [0.29, 0.717) is 22.9 Å². The molecule has 0 aliphatic rings. The minimum Gasteiger partial charge on any atom is -0.354 e. The molecule has 0 aliphatic carbocycles. The first-order valence-electron chi connectivity index (χ1n) is 10.0. The number of halogens is 2. The minimum atomic E-state index is -0.694. The third-order valence-electron chi connectivity index (χ3n) is 4.68. The maximum Gasteiger partial charge on any atom is 0.242 e. The lowest BCUT2D eigenvalue weighted by Crippen LogP contribution is -2.48. The van der Waals surface area contributed by atoms with E-state index in [-0.39, 0.29) is 29.9 Å². The summed E-state index contributed by atoms with van der Waals surface area (Å²) < 4.78 is 14.2. The van der Waals surface area contributed by atoms with Gasteiger partial charge in [0, 0.05) is 29.4 Å². The molecule has 0 saturated heterocycles. The number of carbonyl (C=O) groups excluding carboxylic acids is 2. The van der Waals surface area contributed by atoms with Crippen molar-refractivity contribution < 1.29 is 14.0 Å². The van der Waals surface area contributed by atoms with Gasteiger partial charge in [-0.05, 0) is 37.1 Å². The van der Waals surface area contributed by atoms with Crippen molar-refractivity contribution in [1.29, 1.82) is 0 Å². The maximum atomic E-state index is 14.2. The fraction of sp³-hybridized carbons (Fsp3) is 0.391. The number of hydrogen-bond acceptors (Lipinski definition) is 3. The fourth-order valence-electron chi connectivity index (χ4n) is 2.89. The Balaban J connectivity index is 2.05. The molecule has 30 heavy (non-hydrogen) atoms. The number of rotatable bonds is 11. The third-order valence-corrected chi connectivity index (χ3v) is 5.90. The SMILES string of the molecule is CCCCNC(=O)[C@@H](C)N(Cc1ccccc1F)C(=O)CSCc1cccc(Cl)c1. The molecule has 0 unspecified atom stereocenters. The lowest BCUT2D eigenvalue weighted by Gasteiger charge is -2.29. The molecule has 2 amide bonds. The van der Waals surface area contributed by atoms with Gasteiger partial charge in [0.2, 0.25) is 11.8 Å². The minimum absolute atomic E-state index is 0.0472. The molecule has 0 saturated carbocycles. The molecule has 1 N–H and O–H groups in total. The molecule has 1 atom stereocenters. The number of unbranched alkanes of at least 4 members (excludes halogenated alkanes) is 1. The second kappa shape index (κ2) is 12.6. The number of amides is 2. The summed E-state index contributed by atoms with van der Waals surface area (Å²) in [5.41, 5.74) is 1.41. The quantitative estimate of drug-likeness (QED) is 0.487. The molecule has 0 heterocycles. The molecule has 0 fully saturated rings. The lowest BCUT2D eigenvalue weighted by atomic mass is 10.1. The molecule has 2 aromatic rings. The molecule has 162 valence electrons. The summed E-state index contributed by atoms with van der Waals surface area (Å²) in [5, 5.41) is 3.51. The Kier molecular flexibility index (Phi) is 10.2. The molecule has 0 bridgehead atoms. The molecule has 0 aliphatic heterocycles. The van der Waals surface area contributed by atoms with E-state index in [1.165, 1.54) is 22.7 Å². The largest absolute Gasteiger partial charge is 0.354 e. The van der Waals surface area contributed by atoms with Crippen molar-refractivity contribution in [3.05, 3.63) is 70.5 Å². The second-order valence-electron chi connectivity index (χ2n) is 7.06. The first kappa shape index (κ1) is 24.2. The van der Waals surface area contributed by atoms with E-state index in [9.17, 15) is 14.0 Å². The predicted molar refractivity (Wildman–Crippen MR) is 122 cm³/mol. The number of nitrogens with one attached hydrogen (secondary N) is 1. The van der Waals surface area contributed by atoms with Gasteiger partial charge in [-0.2, -0.15) is 0 Å².